The molecule has 1 aliphatic rings. The Morgan fingerprint density at radius 1 is 1.40 bits per heavy atom. The summed E-state index contributed by atoms with van der Waals surface area (Å²) in [6.07, 6.45) is 0.896. The third kappa shape index (κ3) is 3.22. The minimum absolute atomic E-state index is 0. The Balaban J connectivity index is 0.00000112. The fraction of sp³-hybridized carbons (Fsp3) is 0.364. The molecule has 1 atom stereocenters. The summed E-state index contributed by atoms with van der Waals surface area (Å²) in [6, 6.07) is 9.64. The summed E-state index contributed by atoms with van der Waals surface area (Å²) >= 11 is 0. The molecule has 82 valence electrons. The van der Waals surface area contributed by atoms with Crippen molar-refractivity contribution in [2.24, 2.45) is 0 Å². The number of esters is 1. The molecule has 1 aliphatic heterocycles. The number of carbonyl (C=O) groups excluding carboxylic acids is 1. The van der Waals surface area contributed by atoms with Crippen molar-refractivity contribution in [3.63, 3.8) is 0 Å². The van der Waals surface area contributed by atoms with Gasteiger partial charge in [0.1, 0.15) is 12.6 Å². The van der Waals surface area contributed by atoms with Crippen LogP contribution in [0.2, 0.25) is 0 Å². The van der Waals surface area contributed by atoms with Crippen LogP contribution in [0.3, 0.4) is 0 Å². The highest BCUT2D eigenvalue weighted by Crippen LogP contribution is 2.06. The summed E-state index contributed by atoms with van der Waals surface area (Å²) in [5.74, 6) is -0.139. The number of ether oxygens (including phenoxy) is 1. The van der Waals surface area contributed by atoms with E-state index in [1.165, 1.54) is 0 Å². The SMILES string of the molecule is Cl.O=C(OCc1ccccc1)C1CCN1. The van der Waals surface area contributed by atoms with E-state index in [1.807, 2.05) is 30.3 Å². The molecule has 0 radical (unpaired) electrons. The first-order valence-corrected chi connectivity index (χ1v) is 4.80. The molecule has 0 amide bonds. The van der Waals surface area contributed by atoms with Crippen molar-refractivity contribution in [3.05, 3.63) is 35.9 Å². The van der Waals surface area contributed by atoms with Crippen LogP contribution in [0.1, 0.15) is 12.0 Å². The first kappa shape index (κ1) is 12.0. The number of carbonyl (C=O) groups is 1. The largest absolute Gasteiger partial charge is 0.460 e. The third-order valence-electron chi connectivity index (χ3n) is 2.33. The Bertz CT molecular complexity index is 312. The van der Waals surface area contributed by atoms with Crippen molar-refractivity contribution in [2.45, 2.75) is 19.1 Å². The Hall–Kier alpha value is -1.06. The second-order valence-electron chi connectivity index (χ2n) is 3.39. The molecule has 1 fully saturated rings. The Kier molecular flexibility index (Phi) is 4.59. The van der Waals surface area contributed by atoms with Gasteiger partial charge in [-0.05, 0) is 18.5 Å². The zero-order chi connectivity index (χ0) is 9.80. The molecule has 0 saturated carbocycles. The molecule has 1 N–H and O–H groups in total. The van der Waals surface area contributed by atoms with Crippen LogP contribution in [-0.4, -0.2) is 18.6 Å². The lowest BCUT2D eigenvalue weighted by Crippen LogP contribution is -2.49. The maximum Gasteiger partial charge on any atom is 0.323 e. The average Bonchev–Trinajstić information content (AvgIpc) is 2.14. The van der Waals surface area contributed by atoms with E-state index >= 15 is 0 Å². The number of rotatable bonds is 3. The lowest BCUT2D eigenvalue weighted by molar-refractivity contribution is -0.149. The van der Waals surface area contributed by atoms with E-state index in [1.54, 1.807) is 0 Å². The number of hydrogen-bond acceptors (Lipinski definition) is 3. The summed E-state index contributed by atoms with van der Waals surface area (Å²) in [5, 5.41) is 3.01. The molecule has 0 bridgehead atoms. The predicted molar refractivity (Wildman–Crippen MR) is 59.9 cm³/mol. The standard InChI is InChI=1S/C11H13NO2.ClH/c13-11(10-6-7-12-10)14-8-9-4-2-1-3-5-9;/h1-5,10,12H,6-8H2;1H. The minimum Gasteiger partial charge on any atom is -0.460 e. The van der Waals surface area contributed by atoms with Gasteiger partial charge in [0.25, 0.3) is 0 Å². The molecule has 1 heterocycles. The smallest absolute Gasteiger partial charge is 0.323 e. The molecule has 2 rings (SSSR count). The van der Waals surface area contributed by atoms with Gasteiger partial charge in [-0.2, -0.15) is 0 Å². The van der Waals surface area contributed by atoms with E-state index in [0.717, 1.165) is 18.5 Å². The van der Waals surface area contributed by atoms with Crippen LogP contribution in [0.4, 0.5) is 0 Å². The van der Waals surface area contributed by atoms with Gasteiger partial charge < -0.3 is 10.1 Å². The van der Waals surface area contributed by atoms with E-state index in [-0.39, 0.29) is 24.4 Å². The lowest BCUT2D eigenvalue weighted by Gasteiger charge is -2.25. The number of halogens is 1. The van der Waals surface area contributed by atoms with E-state index < -0.39 is 0 Å². The van der Waals surface area contributed by atoms with Gasteiger partial charge in [-0.1, -0.05) is 30.3 Å². The predicted octanol–water partition coefficient (Wildman–Crippen LogP) is 1.51. The van der Waals surface area contributed by atoms with Gasteiger partial charge in [0.05, 0.1) is 0 Å². The molecule has 0 aliphatic carbocycles. The Morgan fingerprint density at radius 2 is 2.07 bits per heavy atom. The maximum atomic E-state index is 11.3. The summed E-state index contributed by atoms with van der Waals surface area (Å²) < 4.78 is 5.13. The van der Waals surface area contributed by atoms with Crippen LogP contribution in [0, 0.1) is 0 Å². The van der Waals surface area contributed by atoms with Crippen molar-refractivity contribution in [1.29, 1.82) is 0 Å². The van der Waals surface area contributed by atoms with Crippen molar-refractivity contribution in [1.82, 2.24) is 5.32 Å². The normalized spacial score (nSPS) is 18.5. The van der Waals surface area contributed by atoms with Crippen LogP contribution in [0.5, 0.6) is 0 Å². The number of benzene rings is 1. The quantitative estimate of drug-likeness (QED) is 0.796. The van der Waals surface area contributed by atoms with E-state index in [4.69, 9.17) is 4.74 Å². The minimum atomic E-state index is -0.139. The van der Waals surface area contributed by atoms with Gasteiger partial charge in [0.2, 0.25) is 0 Å². The zero-order valence-electron chi connectivity index (χ0n) is 8.31. The average molecular weight is 228 g/mol. The fourth-order valence-corrected chi connectivity index (χ4v) is 1.32. The summed E-state index contributed by atoms with van der Waals surface area (Å²) in [7, 11) is 0. The zero-order valence-corrected chi connectivity index (χ0v) is 9.13. The molecular weight excluding hydrogens is 214 g/mol. The van der Waals surface area contributed by atoms with Gasteiger partial charge in [-0.25, -0.2) is 0 Å². The second-order valence-corrected chi connectivity index (χ2v) is 3.39. The van der Waals surface area contributed by atoms with Gasteiger partial charge in [-0.15, -0.1) is 12.4 Å². The fourth-order valence-electron chi connectivity index (χ4n) is 1.32. The second kappa shape index (κ2) is 5.73. The topological polar surface area (TPSA) is 38.3 Å². The van der Waals surface area contributed by atoms with Gasteiger partial charge in [0, 0.05) is 0 Å². The van der Waals surface area contributed by atoms with E-state index in [9.17, 15) is 4.79 Å². The van der Waals surface area contributed by atoms with Crippen molar-refractivity contribution >= 4 is 18.4 Å². The molecule has 3 nitrogen and oxygen atoms in total. The molecule has 4 heteroatoms. The number of nitrogens with one attached hydrogen (secondary N) is 1. The van der Waals surface area contributed by atoms with Gasteiger partial charge in [0.15, 0.2) is 0 Å². The molecule has 0 aromatic heterocycles. The van der Waals surface area contributed by atoms with Crippen LogP contribution in [0.15, 0.2) is 30.3 Å². The summed E-state index contributed by atoms with van der Waals surface area (Å²) in [4.78, 5) is 11.3. The van der Waals surface area contributed by atoms with Crippen LogP contribution < -0.4 is 5.32 Å². The Morgan fingerprint density at radius 3 is 2.60 bits per heavy atom. The van der Waals surface area contributed by atoms with Crippen molar-refractivity contribution < 1.29 is 9.53 Å². The van der Waals surface area contributed by atoms with Crippen molar-refractivity contribution in [3.8, 4) is 0 Å². The van der Waals surface area contributed by atoms with Crippen molar-refractivity contribution in [2.75, 3.05) is 6.54 Å². The molecule has 15 heavy (non-hydrogen) atoms. The Labute approximate surface area is 95.2 Å². The molecule has 1 aromatic carbocycles. The highest BCUT2D eigenvalue weighted by molar-refractivity contribution is 5.85. The van der Waals surface area contributed by atoms with Gasteiger partial charge >= 0.3 is 5.97 Å². The molecular formula is C11H14ClNO2. The summed E-state index contributed by atoms with van der Waals surface area (Å²) in [5.41, 5.74) is 1.03. The van der Waals surface area contributed by atoms with Crippen LogP contribution >= 0.6 is 12.4 Å². The number of hydrogen-bond donors (Lipinski definition) is 1. The first-order chi connectivity index (χ1) is 6.86. The summed E-state index contributed by atoms with van der Waals surface area (Å²) in [6.45, 7) is 1.29. The highest BCUT2D eigenvalue weighted by atomic mass is 35.5. The monoisotopic (exact) mass is 227 g/mol. The maximum absolute atomic E-state index is 11.3. The molecule has 1 saturated heterocycles. The van der Waals surface area contributed by atoms with Crippen LogP contribution in [0.25, 0.3) is 0 Å². The third-order valence-corrected chi connectivity index (χ3v) is 2.33. The molecule has 1 unspecified atom stereocenters. The van der Waals surface area contributed by atoms with E-state index in [2.05, 4.69) is 5.32 Å². The molecule has 0 spiro atoms. The first-order valence-electron chi connectivity index (χ1n) is 4.80. The van der Waals surface area contributed by atoms with E-state index in [0.29, 0.717) is 6.61 Å². The van der Waals surface area contributed by atoms with Crippen LogP contribution in [-0.2, 0) is 16.1 Å². The lowest BCUT2D eigenvalue weighted by atomic mass is 10.1. The van der Waals surface area contributed by atoms with Gasteiger partial charge in [-0.3, -0.25) is 4.79 Å². The molecule has 1 aromatic rings. The highest BCUT2D eigenvalue weighted by Gasteiger charge is 2.25.